The number of nitrogens with one attached hydrogen (secondary N) is 1. The van der Waals surface area contributed by atoms with Gasteiger partial charge in [-0.3, -0.25) is 14.5 Å². The second-order valence-electron chi connectivity index (χ2n) is 5.75. The molecule has 2 rings (SSSR count). The fourth-order valence-electron chi connectivity index (χ4n) is 2.43. The summed E-state index contributed by atoms with van der Waals surface area (Å²) in [6, 6.07) is 18.4. The monoisotopic (exact) mass is 326 g/mol. The molecule has 0 aromatic heterocycles. The van der Waals surface area contributed by atoms with E-state index in [0.29, 0.717) is 0 Å². The maximum absolute atomic E-state index is 11.7. The molecule has 0 aliphatic rings. The standard InChI is InChI=1S/C19H22N2O3/c1-14(21(2)13-18(22)20-12-19(23)24)15-8-10-17(11-9-15)16-6-4-3-5-7-16/h3-11,14H,12-13H2,1-2H3,(H,20,22)(H,23,24). The molecule has 0 fully saturated rings. The first kappa shape index (κ1) is 17.7. The zero-order valence-electron chi connectivity index (χ0n) is 13.9. The van der Waals surface area contributed by atoms with E-state index in [2.05, 4.69) is 41.7 Å². The van der Waals surface area contributed by atoms with Crippen molar-refractivity contribution in [3.8, 4) is 11.1 Å². The molecule has 2 N–H and O–H groups in total. The van der Waals surface area contributed by atoms with Crippen molar-refractivity contribution in [1.29, 1.82) is 0 Å². The molecule has 126 valence electrons. The average molecular weight is 326 g/mol. The Bertz CT molecular complexity index is 684. The molecule has 2 aromatic rings. The Hall–Kier alpha value is -2.66. The van der Waals surface area contributed by atoms with Gasteiger partial charge in [-0.1, -0.05) is 54.6 Å². The van der Waals surface area contributed by atoms with Crippen LogP contribution in [-0.4, -0.2) is 42.0 Å². The van der Waals surface area contributed by atoms with Gasteiger partial charge in [-0.05, 0) is 30.7 Å². The first-order valence-corrected chi connectivity index (χ1v) is 7.81. The first-order chi connectivity index (χ1) is 11.5. The maximum Gasteiger partial charge on any atom is 0.322 e. The number of rotatable bonds is 7. The third kappa shape index (κ3) is 4.93. The molecule has 1 amide bonds. The molecule has 0 saturated heterocycles. The Labute approximate surface area is 141 Å². The number of hydrogen-bond acceptors (Lipinski definition) is 3. The average Bonchev–Trinajstić information content (AvgIpc) is 2.60. The highest BCUT2D eigenvalue weighted by Crippen LogP contribution is 2.23. The van der Waals surface area contributed by atoms with E-state index in [0.717, 1.165) is 16.7 Å². The Morgan fingerprint density at radius 3 is 2.21 bits per heavy atom. The van der Waals surface area contributed by atoms with Crippen LogP contribution in [0.1, 0.15) is 18.5 Å². The molecule has 2 aromatic carbocycles. The van der Waals surface area contributed by atoms with Crippen LogP contribution in [0.2, 0.25) is 0 Å². The van der Waals surface area contributed by atoms with Gasteiger partial charge in [0.25, 0.3) is 0 Å². The Balaban J connectivity index is 1.97. The molecule has 0 spiro atoms. The van der Waals surface area contributed by atoms with Gasteiger partial charge in [-0.2, -0.15) is 0 Å². The third-order valence-electron chi connectivity index (χ3n) is 3.99. The van der Waals surface area contributed by atoms with Crippen molar-refractivity contribution in [3.05, 3.63) is 60.2 Å². The summed E-state index contributed by atoms with van der Waals surface area (Å²) >= 11 is 0. The summed E-state index contributed by atoms with van der Waals surface area (Å²) in [7, 11) is 1.84. The van der Waals surface area contributed by atoms with Gasteiger partial charge >= 0.3 is 5.97 Å². The lowest BCUT2D eigenvalue weighted by atomic mass is 10.0. The molecule has 0 saturated carbocycles. The van der Waals surface area contributed by atoms with Crippen LogP contribution >= 0.6 is 0 Å². The summed E-state index contributed by atoms with van der Waals surface area (Å²) in [6.07, 6.45) is 0. The van der Waals surface area contributed by atoms with Crippen LogP contribution in [0.4, 0.5) is 0 Å². The molecule has 0 heterocycles. The van der Waals surface area contributed by atoms with E-state index in [1.54, 1.807) is 0 Å². The molecule has 0 bridgehead atoms. The van der Waals surface area contributed by atoms with Crippen LogP contribution in [-0.2, 0) is 9.59 Å². The van der Waals surface area contributed by atoms with E-state index in [-0.39, 0.29) is 25.0 Å². The number of hydrogen-bond donors (Lipinski definition) is 2. The van der Waals surface area contributed by atoms with Crippen molar-refractivity contribution in [2.45, 2.75) is 13.0 Å². The number of benzene rings is 2. The molecule has 5 heteroatoms. The topological polar surface area (TPSA) is 69.6 Å². The van der Waals surface area contributed by atoms with Gasteiger partial charge in [0.2, 0.25) is 5.91 Å². The highest BCUT2D eigenvalue weighted by Gasteiger charge is 2.15. The van der Waals surface area contributed by atoms with Crippen molar-refractivity contribution < 1.29 is 14.7 Å². The minimum atomic E-state index is -1.05. The second-order valence-corrected chi connectivity index (χ2v) is 5.75. The van der Waals surface area contributed by atoms with E-state index in [4.69, 9.17) is 5.11 Å². The summed E-state index contributed by atoms with van der Waals surface area (Å²) < 4.78 is 0. The van der Waals surface area contributed by atoms with Crippen LogP contribution in [0.5, 0.6) is 0 Å². The smallest absolute Gasteiger partial charge is 0.322 e. The summed E-state index contributed by atoms with van der Waals surface area (Å²) in [5, 5.41) is 10.9. The van der Waals surface area contributed by atoms with E-state index >= 15 is 0 Å². The minimum absolute atomic E-state index is 0.0467. The van der Waals surface area contributed by atoms with Crippen LogP contribution in [0.25, 0.3) is 11.1 Å². The zero-order chi connectivity index (χ0) is 17.5. The van der Waals surface area contributed by atoms with Gasteiger partial charge in [-0.25, -0.2) is 0 Å². The predicted octanol–water partition coefficient (Wildman–Crippen LogP) is 2.55. The van der Waals surface area contributed by atoms with Gasteiger partial charge in [0, 0.05) is 6.04 Å². The number of carbonyl (C=O) groups excluding carboxylic acids is 1. The van der Waals surface area contributed by atoms with E-state index in [1.807, 2.05) is 37.1 Å². The largest absolute Gasteiger partial charge is 0.480 e. The van der Waals surface area contributed by atoms with Crippen molar-refractivity contribution in [2.24, 2.45) is 0 Å². The number of likely N-dealkylation sites (N-methyl/N-ethyl adjacent to an activating group) is 1. The number of nitrogens with zero attached hydrogens (tertiary/aromatic N) is 1. The second kappa shape index (κ2) is 8.26. The molecule has 24 heavy (non-hydrogen) atoms. The quantitative estimate of drug-likeness (QED) is 0.820. The van der Waals surface area contributed by atoms with Crippen LogP contribution in [0.3, 0.4) is 0 Å². The fraction of sp³-hybridized carbons (Fsp3) is 0.263. The van der Waals surface area contributed by atoms with Crippen LogP contribution in [0, 0.1) is 0 Å². The summed E-state index contributed by atoms with van der Waals surface area (Å²) in [4.78, 5) is 24.1. The van der Waals surface area contributed by atoms with E-state index in [9.17, 15) is 9.59 Å². The van der Waals surface area contributed by atoms with Crippen LogP contribution in [0.15, 0.2) is 54.6 Å². The number of carboxylic acids is 1. The molecule has 1 unspecified atom stereocenters. The summed E-state index contributed by atoms with van der Waals surface area (Å²) in [6.45, 7) is 1.81. The highest BCUT2D eigenvalue weighted by atomic mass is 16.4. The van der Waals surface area contributed by atoms with E-state index < -0.39 is 5.97 Å². The molecular weight excluding hydrogens is 304 g/mol. The molecule has 0 radical (unpaired) electrons. The number of amides is 1. The molecular formula is C19H22N2O3. The fourth-order valence-corrected chi connectivity index (χ4v) is 2.43. The molecule has 0 aliphatic carbocycles. The first-order valence-electron chi connectivity index (χ1n) is 7.81. The lowest BCUT2D eigenvalue weighted by Gasteiger charge is -2.24. The van der Waals surface area contributed by atoms with Gasteiger partial charge in [0.1, 0.15) is 6.54 Å². The SMILES string of the molecule is CC(c1ccc(-c2ccccc2)cc1)N(C)CC(=O)NCC(=O)O. The zero-order valence-corrected chi connectivity index (χ0v) is 13.9. The molecule has 0 aliphatic heterocycles. The number of aliphatic carboxylic acids is 1. The van der Waals surface area contributed by atoms with Crippen molar-refractivity contribution in [3.63, 3.8) is 0 Å². The van der Waals surface area contributed by atoms with Crippen molar-refractivity contribution in [2.75, 3.05) is 20.1 Å². The Kier molecular flexibility index (Phi) is 6.09. The van der Waals surface area contributed by atoms with Gasteiger partial charge in [-0.15, -0.1) is 0 Å². The lowest BCUT2D eigenvalue weighted by molar-refractivity contribution is -0.138. The number of carbonyl (C=O) groups is 2. The summed E-state index contributed by atoms with van der Waals surface area (Å²) in [5.74, 6) is -1.34. The third-order valence-corrected chi connectivity index (χ3v) is 3.99. The molecule has 5 nitrogen and oxygen atoms in total. The van der Waals surface area contributed by atoms with Crippen molar-refractivity contribution in [1.82, 2.24) is 10.2 Å². The molecule has 1 atom stereocenters. The van der Waals surface area contributed by atoms with Gasteiger partial charge in [0.05, 0.1) is 6.54 Å². The lowest BCUT2D eigenvalue weighted by Crippen LogP contribution is -2.38. The van der Waals surface area contributed by atoms with Gasteiger partial charge < -0.3 is 10.4 Å². The normalized spacial score (nSPS) is 12.0. The maximum atomic E-state index is 11.7. The van der Waals surface area contributed by atoms with E-state index in [1.165, 1.54) is 0 Å². The van der Waals surface area contributed by atoms with Crippen molar-refractivity contribution >= 4 is 11.9 Å². The van der Waals surface area contributed by atoms with Gasteiger partial charge in [0.15, 0.2) is 0 Å². The Morgan fingerprint density at radius 2 is 1.62 bits per heavy atom. The summed E-state index contributed by atoms with van der Waals surface area (Å²) in [5.41, 5.74) is 3.41. The minimum Gasteiger partial charge on any atom is -0.480 e. The highest BCUT2D eigenvalue weighted by molar-refractivity contribution is 5.82. The Morgan fingerprint density at radius 1 is 1.04 bits per heavy atom. The number of carboxylic acid groups (broad SMARTS) is 1. The predicted molar refractivity (Wildman–Crippen MR) is 93.6 cm³/mol. The van der Waals surface area contributed by atoms with Crippen LogP contribution < -0.4 is 5.32 Å².